The van der Waals surface area contributed by atoms with Crippen molar-refractivity contribution in [1.82, 2.24) is 24.7 Å². The third-order valence-electron chi connectivity index (χ3n) is 3.44. The third-order valence-corrected chi connectivity index (χ3v) is 3.63. The van der Waals surface area contributed by atoms with Crippen LogP contribution in [0.25, 0.3) is 5.82 Å². The average molecular weight is 346 g/mol. The number of aromatic nitrogens is 5. The average Bonchev–Trinajstić information content (AvgIpc) is 3.02. The highest BCUT2D eigenvalue weighted by molar-refractivity contribution is 6.29. The highest BCUT2D eigenvalue weighted by atomic mass is 35.5. The van der Waals surface area contributed by atoms with Crippen LogP contribution in [-0.2, 0) is 6.42 Å². The van der Waals surface area contributed by atoms with Gasteiger partial charge in [-0.05, 0) is 24.6 Å². The molecule has 0 atom stereocenters. The lowest BCUT2D eigenvalue weighted by molar-refractivity contribution is 0.354. The molecule has 8 heteroatoms. The van der Waals surface area contributed by atoms with Crippen molar-refractivity contribution >= 4 is 11.6 Å². The van der Waals surface area contributed by atoms with E-state index in [1.807, 2.05) is 18.2 Å². The van der Waals surface area contributed by atoms with E-state index in [0.717, 1.165) is 11.4 Å². The lowest BCUT2D eigenvalue weighted by atomic mass is 10.1. The van der Waals surface area contributed by atoms with Crippen LogP contribution in [0.2, 0.25) is 5.15 Å². The van der Waals surface area contributed by atoms with Crippen molar-refractivity contribution < 1.29 is 9.47 Å². The molecule has 3 rings (SSSR count). The molecule has 124 valence electrons. The minimum Gasteiger partial charge on any atom is -0.493 e. The van der Waals surface area contributed by atoms with Crippen molar-refractivity contribution in [1.29, 1.82) is 0 Å². The highest BCUT2D eigenvalue weighted by Crippen LogP contribution is 2.28. The van der Waals surface area contributed by atoms with Crippen LogP contribution < -0.4 is 9.47 Å². The van der Waals surface area contributed by atoms with Crippen LogP contribution >= 0.6 is 11.6 Å². The highest BCUT2D eigenvalue weighted by Gasteiger charge is 2.12. The maximum atomic E-state index is 6.01. The zero-order valence-electron chi connectivity index (χ0n) is 13.5. The Bertz CT molecular complexity index is 845. The lowest BCUT2D eigenvalue weighted by Gasteiger charge is -2.10. The molecule has 0 aliphatic carbocycles. The van der Waals surface area contributed by atoms with Gasteiger partial charge in [0.05, 0.1) is 14.2 Å². The van der Waals surface area contributed by atoms with E-state index in [9.17, 15) is 0 Å². The summed E-state index contributed by atoms with van der Waals surface area (Å²) < 4.78 is 12.2. The van der Waals surface area contributed by atoms with Crippen molar-refractivity contribution in [2.75, 3.05) is 14.2 Å². The summed E-state index contributed by atoms with van der Waals surface area (Å²) in [6.45, 7) is 1.78. The molecule has 2 heterocycles. The van der Waals surface area contributed by atoms with E-state index < -0.39 is 0 Å². The first kappa shape index (κ1) is 16.2. The van der Waals surface area contributed by atoms with Gasteiger partial charge in [-0.3, -0.25) is 0 Å². The number of halogens is 1. The van der Waals surface area contributed by atoms with Crippen molar-refractivity contribution in [3.63, 3.8) is 0 Å². The van der Waals surface area contributed by atoms with E-state index >= 15 is 0 Å². The Balaban J connectivity index is 1.94. The Kier molecular flexibility index (Phi) is 4.61. The predicted octanol–water partition coefficient (Wildman–Crippen LogP) is 2.63. The van der Waals surface area contributed by atoms with E-state index in [-0.39, 0.29) is 0 Å². The van der Waals surface area contributed by atoms with Gasteiger partial charge in [0.15, 0.2) is 17.3 Å². The lowest BCUT2D eigenvalue weighted by Crippen LogP contribution is -2.07. The maximum absolute atomic E-state index is 6.01. The molecule has 0 saturated carbocycles. The number of hydrogen-bond donors (Lipinski definition) is 0. The van der Waals surface area contributed by atoms with E-state index in [1.165, 1.54) is 6.33 Å². The molecule has 24 heavy (non-hydrogen) atoms. The number of benzene rings is 1. The molecule has 0 spiro atoms. The summed E-state index contributed by atoms with van der Waals surface area (Å²) in [5.74, 6) is 3.24. The standard InChI is InChI=1S/C16H16ClN5O2/c1-10-20-14(17)8-16(21-10)22-15(18-9-19-22)7-11-4-5-12(23-2)13(6-11)24-3/h4-6,8-9H,7H2,1-3H3. The van der Waals surface area contributed by atoms with Crippen molar-refractivity contribution in [2.45, 2.75) is 13.3 Å². The minimum atomic E-state index is 0.366. The molecule has 0 aliphatic rings. The fourth-order valence-corrected chi connectivity index (χ4v) is 2.60. The number of methoxy groups -OCH3 is 2. The minimum absolute atomic E-state index is 0.366. The van der Waals surface area contributed by atoms with Crippen LogP contribution in [0.5, 0.6) is 11.5 Å². The van der Waals surface area contributed by atoms with Gasteiger partial charge >= 0.3 is 0 Å². The zero-order valence-corrected chi connectivity index (χ0v) is 14.3. The molecule has 3 aromatic rings. The summed E-state index contributed by atoms with van der Waals surface area (Å²) in [5.41, 5.74) is 1.01. The van der Waals surface area contributed by atoms with Crippen molar-refractivity contribution in [3.05, 3.63) is 53.0 Å². The monoisotopic (exact) mass is 345 g/mol. The number of rotatable bonds is 5. The summed E-state index contributed by atoms with van der Waals surface area (Å²) in [4.78, 5) is 12.7. The van der Waals surface area contributed by atoms with Gasteiger partial charge in [-0.25, -0.2) is 15.0 Å². The topological polar surface area (TPSA) is 75.0 Å². The molecule has 0 N–H and O–H groups in total. The summed E-state index contributed by atoms with van der Waals surface area (Å²) in [7, 11) is 3.21. The Morgan fingerprint density at radius 3 is 2.58 bits per heavy atom. The fourth-order valence-electron chi connectivity index (χ4n) is 2.38. The molecule has 0 amide bonds. The Morgan fingerprint density at radius 1 is 1.08 bits per heavy atom. The molecular formula is C16H16ClN5O2. The van der Waals surface area contributed by atoms with Gasteiger partial charge in [0.1, 0.15) is 23.1 Å². The normalized spacial score (nSPS) is 10.7. The van der Waals surface area contributed by atoms with Gasteiger partial charge < -0.3 is 9.47 Å². The summed E-state index contributed by atoms with van der Waals surface area (Å²) >= 11 is 6.01. The third kappa shape index (κ3) is 3.30. The largest absolute Gasteiger partial charge is 0.493 e. The quantitative estimate of drug-likeness (QED) is 0.662. The second-order valence-electron chi connectivity index (χ2n) is 5.05. The van der Waals surface area contributed by atoms with Crippen molar-refractivity contribution in [3.8, 4) is 17.3 Å². The predicted molar refractivity (Wildman–Crippen MR) is 89.0 cm³/mol. The second kappa shape index (κ2) is 6.84. The molecular weight excluding hydrogens is 330 g/mol. The summed E-state index contributed by atoms with van der Waals surface area (Å²) in [6.07, 6.45) is 2.04. The smallest absolute Gasteiger partial charge is 0.161 e. The summed E-state index contributed by atoms with van der Waals surface area (Å²) in [6, 6.07) is 7.39. The van der Waals surface area contributed by atoms with E-state index in [0.29, 0.717) is 34.7 Å². The molecule has 2 aromatic heterocycles. The molecule has 0 aliphatic heterocycles. The van der Waals surface area contributed by atoms with Crippen LogP contribution in [0, 0.1) is 6.92 Å². The Morgan fingerprint density at radius 2 is 1.88 bits per heavy atom. The number of nitrogens with zero attached hydrogens (tertiary/aromatic N) is 5. The number of hydrogen-bond acceptors (Lipinski definition) is 6. The second-order valence-corrected chi connectivity index (χ2v) is 5.44. The maximum Gasteiger partial charge on any atom is 0.161 e. The molecule has 0 bridgehead atoms. The molecule has 0 fully saturated rings. The zero-order chi connectivity index (χ0) is 17.1. The van der Waals surface area contributed by atoms with Gasteiger partial charge in [-0.2, -0.15) is 9.78 Å². The van der Waals surface area contributed by atoms with Gasteiger partial charge in [-0.15, -0.1) is 0 Å². The van der Waals surface area contributed by atoms with Gasteiger partial charge in [0.2, 0.25) is 0 Å². The molecule has 0 unspecified atom stereocenters. The first-order chi connectivity index (χ1) is 11.6. The van der Waals surface area contributed by atoms with Crippen LogP contribution in [0.4, 0.5) is 0 Å². The van der Waals surface area contributed by atoms with Gasteiger partial charge in [0.25, 0.3) is 0 Å². The van der Waals surface area contributed by atoms with Crippen LogP contribution in [0.3, 0.4) is 0 Å². The molecule has 7 nitrogen and oxygen atoms in total. The summed E-state index contributed by atoms with van der Waals surface area (Å²) in [5, 5.41) is 4.61. The van der Waals surface area contributed by atoms with Crippen molar-refractivity contribution in [2.24, 2.45) is 0 Å². The number of aryl methyl sites for hydroxylation is 1. The van der Waals surface area contributed by atoms with Crippen LogP contribution in [-0.4, -0.2) is 39.0 Å². The molecule has 1 aromatic carbocycles. The first-order valence-electron chi connectivity index (χ1n) is 7.22. The Hall–Kier alpha value is -2.67. The first-order valence-corrected chi connectivity index (χ1v) is 7.60. The number of ether oxygens (including phenoxy) is 2. The van der Waals surface area contributed by atoms with E-state index in [1.54, 1.807) is 31.9 Å². The molecule has 0 radical (unpaired) electrons. The molecule has 0 saturated heterocycles. The van der Waals surface area contributed by atoms with E-state index in [4.69, 9.17) is 21.1 Å². The fraction of sp³-hybridized carbons (Fsp3) is 0.250. The van der Waals surface area contributed by atoms with E-state index in [2.05, 4.69) is 20.1 Å². The van der Waals surface area contributed by atoms with Gasteiger partial charge in [0, 0.05) is 12.5 Å². The Labute approximate surface area is 144 Å². The SMILES string of the molecule is COc1ccc(Cc2ncnn2-c2cc(Cl)nc(C)n2)cc1OC. The van der Waals surface area contributed by atoms with Crippen LogP contribution in [0.15, 0.2) is 30.6 Å². The van der Waals surface area contributed by atoms with Crippen LogP contribution in [0.1, 0.15) is 17.2 Å². The van der Waals surface area contributed by atoms with Gasteiger partial charge in [-0.1, -0.05) is 17.7 Å².